The van der Waals surface area contributed by atoms with Crippen LogP contribution in [-0.2, 0) is 17.6 Å². The Labute approximate surface area is 180 Å². The van der Waals surface area contributed by atoms with Crippen LogP contribution >= 0.6 is 0 Å². The molecule has 2 heterocycles. The third-order valence-corrected chi connectivity index (χ3v) is 5.77. The topological polar surface area (TPSA) is 71.2 Å². The molecule has 1 atom stereocenters. The first-order chi connectivity index (χ1) is 15.2. The van der Waals surface area contributed by atoms with E-state index < -0.39 is 0 Å². The number of nitrogens with one attached hydrogen (secondary N) is 2. The maximum absolute atomic E-state index is 12.7. The van der Waals surface area contributed by atoms with Crippen molar-refractivity contribution >= 4 is 22.8 Å². The molecule has 0 saturated carbocycles. The van der Waals surface area contributed by atoms with Gasteiger partial charge in [-0.2, -0.15) is 0 Å². The summed E-state index contributed by atoms with van der Waals surface area (Å²) in [6.45, 7) is 0.534. The molecule has 0 aliphatic carbocycles. The Morgan fingerprint density at radius 2 is 1.84 bits per heavy atom. The highest BCUT2D eigenvalue weighted by atomic mass is 16.5. The Bertz CT molecular complexity index is 1260. The predicted octanol–water partition coefficient (Wildman–Crippen LogP) is 4.59. The first-order valence-electron chi connectivity index (χ1n) is 10.4. The Balaban J connectivity index is 1.28. The Kier molecular flexibility index (Phi) is 5.00. The van der Waals surface area contributed by atoms with Crippen molar-refractivity contribution in [2.45, 2.75) is 18.9 Å². The van der Waals surface area contributed by atoms with Crippen molar-refractivity contribution in [2.24, 2.45) is 0 Å². The Hall–Kier alpha value is -3.86. The summed E-state index contributed by atoms with van der Waals surface area (Å²) in [4.78, 5) is 28.4. The maximum Gasteiger partial charge on any atom is 0.339 e. The van der Waals surface area contributed by atoms with Gasteiger partial charge in [-0.05, 0) is 47.4 Å². The zero-order chi connectivity index (χ0) is 21.2. The number of esters is 1. The Morgan fingerprint density at radius 3 is 2.71 bits per heavy atom. The smallest absolute Gasteiger partial charge is 0.339 e. The van der Waals surface area contributed by atoms with Gasteiger partial charge in [-0.25, -0.2) is 4.79 Å². The van der Waals surface area contributed by atoms with Gasteiger partial charge in [-0.3, -0.25) is 4.79 Å². The number of rotatable bonds is 5. The van der Waals surface area contributed by atoms with Crippen LogP contribution in [-0.4, -0.2) is 23.4 Å². The highest BCUT2D eigenvalue weighted by Crippen LogP contribution is 2.31. The summed E-state index contributed by atoms with van der Waals surface area (Å²) < 4.78 is 5.60. The number of benzene rings is 3. The predicted molar refractivity (Wildman–Crippen MR) is 119 cm³/mol. The summed E-state index contributed by atoms with van der Waals surface area (Å²) in [5, 5.41) is 4.17. The first kappa shape index (κ1) is 19.1. The van der Waals surface area contributed by atoms with Crippen molar-refractivity contribution in [3.8, 4) is 0 Å². The number of carbonyl (C=O) groups excluding carboxylic acids is 2. The zero-order valence-corrected chi connectivity index (χ0v) is 16.9. The monoisotopic (exact) mass is 410 g/mol. The van der Waals surface area contributed by atoms with Gasteiger partial charge >= 0.3 is 5.97 Å². The Morgan fingerprint density at radius 1 is 1.03 bits per heavy atom. The molecule has 0 radical (unpaired) electrons. The number of fused-ring (bicyclic) bond motifs is 2. The van der Waals surface area contributed by atoms with Gasteiger partial charge in [0.1, 0.15) is 6.10 Å². The highest BCUT2D eigenvalue weighted by molar-refractivity contribution is 5.97. The van der Waals surface area contributed by atoms with Crippen LogP contribution in [0.4, 0.5) is 0 Å². The van der Waals surface area contributed by atoms with Crippen LogP contribution in [0.2, 0.25) is 0 Å². The maximum atomic E-state index is 12.7. The number of hydrogen-bond acceptors (Lipinski definition) is 3. The van der Waals surface area contributed by atoms with Crippen LogP contribution in [0.1, 0.15) is 43.5 Å². The standard InChI is InChI=1S/C26H22N2O3/c29-25(27-13-12-19-16-28-23-9-5-4-8-21(19)23)18-10-11-22-20(14-18)15-24(31-26(22)30)17-6-2-1-3-7-17/h1-11,14,16,24,28H,12-13,15H2,(H,27,29)/t24-/m1/s1. The number of carbonyl (C=O) groups is 2. The second kappa shape index (κ2) is 8.11. The second-order valence-electron chi connectivity index (χ2n) is 7.75. The molecule has 0 spiro atoms. The van der Waals surface area contributed by atoms with E-state index in [0.717, 1.165) is 23.1 Å². The average Bonchev–Trinajstić information content (AvgIpc) is 3.22. The van der Waals surface area contributed by atoms with E-state index in [1.165, 1.54) is 10.9 Å². The van der Waals surface area contributed by atoms with Crippen LogP contribution in [0, 0.1) is 0 Å². The lowest BCUT2D eigenvalue weighted by atomic mass is 9.93. The van der Waals surface area contributed by atoms with Gasteiger partial charge in [0.15, 0.2) is 0 Å². The molecular weight excluding hydrogens is 388 g/mol. The highest BCUT2D eigenvalue weighted by Gasteiger charge is 2.28. The number of aromatic nitrogens is 1. The van der Waals surface area contributed by atoms with Crippen molar-refractivity contribution < 1.29 is 14.3 Å². The lowest BCUT2D eigenvalue weighted by Crippen LogP contribution is -2.27. The molecule has 3 aromatic carbocycles. The first-order valence-corrected chi connectivity index (χ1v) is 10.4. The second-order valence-corrected chi connectivity index (χ2v) is 7.75. The molecule has 0 bridgehead atoms. The van der Waals surface area contributed by atoms with Gasteiger partial charge in [-0.1, -0.05) is 48.5 Å². The molecule has 5 heteroatoms. The molecule has 5 nitrogen and oxygen atoms in total. The van der Waals surface area contributed by atoms with Gasteiger partial charge in [0.05, 0.1) is 5.56 Å². The summed E-state index contributed by atoms with van der Waals surface area (Å²) in [7, 11) is 0. The average molecular weight is 410 g/mol. The van der Waals surface area contributed by atoms with E-state index in [-0.39, 0.29) is 18.0 Å². The molecule has 154 valence electrons. The SMILES string of the molecule is O=C(NCCc1c[nH]c2ccccc12)c1ccc2c(c1)C[C@H](c1ccccc1)OC2=O. The third-order valence-electron chi connectivity index (χ3n) is 5.77. The molecule has 4 aromatic rings. The van der Waals surface area contributed by atoms with Crippen LogP contribution in [0.5, 0.6) is 0 Å². The van der Waals surface area contributed by atoms with Crippen molar-refractivity contribution in [3.05, 3.63) is 107 Å². The number of cyclic esters (lactones) is 1. The van der Waals surface area contributed by atoms with Gasteiger partial charge < -0.3 is 15.0 Å². The van der Waals surface area contributed by atoms with Gasteiger partial charge in [0, 0.05) is 35.6 Å². The fourth-order valence-electron chi connectivity index (χ4n) is 4.14. The molecule has 1 aliphatic rings. The van der Waals surface area contributed by atoms with Crippen LogP contribution < -0.4 is 5.32 Å². The lowest BCUT2D eigenvalue weighted by molar-refractivity contribution is 0.0252. The molecule has 0 fully saturated rings. The number of amides is 1. The minimum absolute atomic E-state index is 0.141. The number of para-hydroxylation sites is 1. The molecule has 1 amide bonds. The summed E-state index contributed by atoms with van der Waals surface area (Å²) in [5.41, 5.74) is 5.15. The number of H-pyrrole nitrogens is 1. The fraction of sp³-hybridized carbons (Fsp3) is 0.154. The molecule has 5 rings (SSSR count). The number of aromatic amines is 1. The van der Waals surface area contributed by atoms with E-state index in [4.69, 9.17) is 4.74 Å². The van der Waals surface area contributed by atoms with E-state index in [1.807, 2.05) is 60.8 Å². The zero-order valence-electron chi connectivity index (χ0n) is 16.9. The van der Waals surface area contributed by atoms with Crippen molar-refractivity contribution in [2.75, 3.05) is 6.54 Å². The quantitative estimate of drug-likeness (QED) is 0.473. The van der Waals surface area contributed by atoms with Crippen LogP contribution in [0.15, 0.2) is 79.0 Å². The minimum Gasteiger partial charge on any atom is -0.454 e. The summed E-state index contributed by atoms with van der Waals surface area (Å²) in [5.74, 6) is -0.487. The molecule has 2 N–H and O–H groups in total. The van der Waals surface area contributed by atoms with Gasteiger partial charge in [0.2, 0.25) is 0 Å². The number of hydrogen-bond donors (Lipinski definition) is 2. The number of ether oxygens (including phenoxy) is 1. The molecule has 1 aliphatic heterocycles. The van der Waals surface area contributed by atoms with Crippen LogP contribution in [0.25, 0.3) is 10.9 Å². The molecular formula is C26H22N2O3. The van der Waals surface area contributed by atoms with E-state index in [2.05, 4.69) is 16.4 Å². The molecule has 0 saturated heterocycles. The van der Waals surface area contributed by atoms with Gasteiger partial charge in [-0.15, -0.1) is 0 Å². The third kappa shape index (κ3) is 3.82. The largest absolute Gasteiger partial charge is 0.454 e. The van der Waals surface area contributed by atoms with E-state index >= 15 is 0 Å². The van der Waals surface area contributed by atoms with Gasteiger partial charge in [0.25, 0.3) is 5.91 Å². The molecule has 0 unspecified atom stereocenters. The molecule has 1 aromatic heterocycles. The van der Waals surface area contributed by atoms with Crippen molar-refractivity contribution in [1.29, 1.82) is 0 Å². The summed E-state index contributed by atoms with van der Waals surface area (Å²) in [6, 6.07) is 23.0. The fourth-order valence-corrected chi connectivity index (χ4v) is 4.14. The summed E-state index contributed by atoms with van der Waals surface area (Å²) in [6.07, 6.45) is 2.96. The van der Waals surface area contributed by atoms with E-state index in [9.17, 15) is 9.59 Å². The molecule has 31 heavy (non-hydrogen) atoms. The van der Waals surface area contributed by atoms with Crippen molar-refractivity contribution in [1.82, 2.24) is 10.3 Å². The lowest BCUT2D eigenvalue weighted by Gasteiger charge is -2.25. The summed E-state index contributed by atoms with van der Waals surface area (Å²) >= 11 is 0. The van der Waals surface area contributed by atoms with E-state index in [0.29, 0.717) is 24.1 Å². The normalized spacial score (nSPS) is 15.4. The van der Waals surface area contributed by atoms with Crippen molar-refractivity contribution in [3.63, 3.8) is 0 Å². The van der Waals surface area contributed by atoms with E-state index in [1.54, 1.807) is 12.1 Å². The minimum atomic E-state index is -0.346. The van der Waals surface area contributed by atoms with Crippen LogP contribution in [0.3, 0.4) is 0 Å².